The van der Waals surface area contributed by atoms with Gasteiger partial charge in [0.15, 0.2) is 0 Å². The van der Waals surface area contributed by atoms with Gasteiger partial charge in [-0.15, -0.1) is 0 Å². The second kappa shape index (κ2) is 5.15. The number of aromatic amines is 1. The first-order valence-corrected chi connectivity index (χ1v) is 5.34. The quantitative estimate of drug-likeness (QED) is 0.756. The molecule has 0 radical (unpaired) electrons. The van der Waals surface area contributed by atoms with Crippen molar-refractivity contribution in [1.82, 2.24) is 15.5 Å². The molecule has 3 nitrogen and oxygen atoms in total. The molecule has 1 aromatic rings. The minimum absolute atomic E-state index is 0.522. The third kappa shape index (κ3) is 3.14. The summed E-state index contributed by atoms with van der Waals surface area (Å²) in [6.07, 6.45) is 1.92. The van der Waals surface area contributed by atoms with Crippen LogP contribution in [0.1, 0.15) is 44.9 Å². The van der Waals surface area contributed by atoms with E-state index in [9.17, 15) is 0 Å². The fraction of sp³-hybridized carbons (Fsp3) is 0.727. The largest absolute Gasteiger partial charge is 0.312 e. The van der Waals surface area contributed by atoms with E-state index in [0.717, 1.165) is 13.1 Å². The van der Waals surface area contributed by atoms with Crippen molar-refractivity contribution >= 4 is 0 Å². The van der Waals surface area contributed by atoms with Gasteiger partial charge in [-0.25, -0.2) is 0 Å². The Labute approximate surface area is 86.3 Å². The van der Waals surface area contributed by atoms with Crippen LogP contribution in [0.4, 0.5) is 0 Å². The Morgan fingerprint density at radius 2 is 2.07 bits per heavy atom. The van der Waals surface area contributed by atoms with Crippen LogP contribution in [0, 0.1) is 5.92 Å². The molecule has 0 bridgehead atoms. The average molecular weight is 195 g/mol. The van der Waals surface area contributed by atoms with E-state index in [-0.39, 0.29) is 0 Å². The highest BCUT2D eigenvalue weighted by atomic mass is 15.1. The van der Waals surface area contributed by atoms with Gasteiger partial charge in [0.2, 0.25) is 0 Å². The van der Waals surface area contributed by atoms with E-state index >= 15 is 0 Å². The molecule has 0 aliphatic rings. The highest BCUT2D eigenvalue weighted by Crippen LogP contribution is 2.15. The molecule has 1 rings (SSSR count). The fourth-order valence-electron chi connectivity index (χ4n) is 1.46. The number of nitrogens with one attached hydrogen (secondary N) is 2. The van der Waals surface area contributed by atoms with Crippen LogP contribution >= 0.6 is 0 Å². The second-order valence-corrected chi connectivity index (χ2v) is 4.49. The molecule has 1 aromatic heterocycles. The van der Waals surface area contributed by atoms with Gasteiger partial charge in [-0.2, -0.15) is 5.10 Å². The topological polar surface area (TPSA) is 40.7 Å². The summed E-state index contributed by atoms with van der Waals surface area (Å²) in [6.45, 7) is 10.8. The van der Waals surface area contributed by atoms with Crippen LogP contribution in [-0.2, 0) is 6.54 Å². The molecule has 0 aliphatic carbocycles. The van der Waals surface area contributed by atoms with Gasteiger partial charge < -0.3 is 5.32 Å². The number of nitrogens with zero attached hydrogens (tertiary/aromatic N) is 1. The SMILES string of the molecule is CC(C)CNCc1cn[nH]c1C(C)C. The summed E-state index contributed by atoms with van der Waals surface area (Å²) in [5, 5.41) is 10.6. The van der Waals surface area contributed by atoms with Crippen molar-refractivity contribution in [2.75, 3.05) is 6.54 Å². The summed E-state index contributed by atoms with van der Waals surface area (Å²) in [5.74, 6) is 1.22. The number of rotatable bonds is 5. The van der Waals surface area contributed by atoms with Gasteiger partial charge in [0.25, 0.3) is 0 Å². The summed E-state index contributed by atoms with van der Waals surface area (Å²) in [7, 11) is 0. The highest BCUT2D eigenvalue weighted by Gasteiger charge is 2.07. The van der Waals surface area contributed by atoms with Crippen LogP contribution in [0.3, 0.4) is 0 Å². The fourth-order valence-corrected chi connectivity index (χ4v) is 1.46. The zero-order valence-corrected chi connectivity index (χ0v) is 9.59. The number of aromatic nitrogens is 2. The molecule has 1 heterocycles. The maximum Gasteiger partial charge on any atom is 0.0535 e. The van der Waals surface area contributed by atoms with Gasteiger partial charge in [-0.3, -0.25) is 5.10 Å². The molecule has 3 heteroatoms. The van der Waals surface area contributed by atoms with Gasteiger partial charge in [-0.1, -0.05) is 27.7 Å². The van der Waals surface area contributed by atoms with Crippen molar-refractivity contribution in [2.24, 2.45) is 5.92 Å². The molecule has 0 unspecified atom stereocenters. The third-order valence-electron chi connectivity index (χ3n) is 2.20. The third-order valence-corrected chi connectivity index (χ3v) is 2.20. The van der Waals surface area contributed by atoms with E-state index in [2.05, 4.69) is 43.2 Å². The van der Waals surface area contributed by atoms with E-state index in [0.29, 0.717) is 11.8 Å². The zero-order valence-electron chi connectivity index (χ0n) is 9.59. The van der Waals surface area contributed by atoms with Crippen molar-refractivity contribution in [2.45, 2.75) is 40.2 Å². The Balaban J connectivity index is 2.46. The molecule has 0 aromatic carbocycles. The second-order valence-electron chi connectivity index (χ2n) is 4.49. The highest BCUT2D eigenvalue weighted by molar-refractivity contribution is 5.19. The zero-order chi connectivity index (χ0) is 10.6. The lowest BCUT2D eigenvalue weighted by Gasteiger charge is -2.09. The summed E-state index contributed by atoms with van der Waals surface area (Å²) >= 11 is 0. The normalized spacial score (nSPS) is 11.6. The van der Waals surface area contributed by atoms with Gasteiger partial charge in [0, 0.05) is 17.8 Å². The molecule has 14 heavy (non-hydrogen) atoms. The van der Waals surface area contributed by atoms with Gasteiger partial charge in [0.1, 0.15) is 0 Å². The number of hydrogen-bond acceptors (Lipinski definition) is 2. The molecule has 0 saturated carbocycles. The lowest BCUT2D eigenvalue weighted by atomic mass is 10.1. The Morgan fingerprint density at radius 1 is 1.36 bits per heavy atom. The number of H-pyrrole nitrogens is 1. The Bertz CT molecular complexity index is 263. The van der Waals surface area contributed by atoms with Crippen molar-refractivity contribution in [3.63, 3.8) is 0 Å². The Hall–Kier alpha value is -0.830. The Kier molecular flexibility index (Phi) is 4.14. The van der Waals surface area contributed by atoms with Crippen LogP contribution in [0.5, 0.6) is 0 Å². The van der Waals surface area contributed by atoms with Crippen LogP contribution in [0.15, 0.2) is 6.20 Å². The number of hydrogen-bond donors (Lipinski definition) is 2. The maximum atomic E-state index is 4.08. The van der Waals surface area contributed by atoms with Crippen molar-refractivity contribution in [3.05, 3.63) is 17.5 Å². The van der Waals surface area contributed by atoms with E-state index in [4.69, 9.17) is 0 Å². The lowest BCUT2D eigenvalue weighted by molar-refractivity contribution is 0.550. The molecule has 0 saturated heterocycles. The molecule has 80 valence electrons. The van der Waals surface area contributed by atoms with Crippen LogP contribution in [0.2, 0.25) is 0 Å². The van der Waals surface area contributed by atoms with E-state index in [1.807, 2.05) is 6.20 Å². The molecule has 2 N–H and O–H groups in total. The average Bonchev–Trinajstić information content (AvgIpc) is 2.51. The molecule has 0 atom stereocenters. The summed E-state index contributed by atoms with van der Waals surface area (Å²) in [4.78, 5) is 0. The first-order valence-electron chi connectivity index (χ1n) is 5.34. The summed E-state index contributed by atoms with van der Waals surface area (Å²) in [6, 6.07) is 0. The van der Waals surface area contributed by atoms with Crippen LogP contribution in [-0.4, -0.2) is 16.7 Å². The lowest BCUT2D eigenvalue weighted by Crippen LogP contribution is -2.19. The minimum Gasteiger partial charge on any atom is -0.312 e. The monoisotopic (exact) mass is 195 g/mol. The molecular formula is C11H21N3. The molecule has 0 aliphatic heterocycles. The van der Waals surface area contributed by atoms with Gasteiger partial charge >= 0.3 is 0 Å². The summed E-state index contributed by atoms with van der Waals surface area (Å²) < 4.78 is 0. The van der Waals surface area contributed by atoms with Crippen LogP contribution < -0.4 is 5.32 Å². The van der Waals surface area contributed by atoms with E-state index < -0.39 is 0 Å². The first-order chi connectivity index (χ1) is 6.61. The smallest absolute Gasteiger partial charge is 0.0535 e. The van der Waals surface area contributed by atoms with Gasteiger partial charge in [0.05, 0.1) is 6.20 Å². The predicted molar refractivity (Wildman–Crippen MR) is 59.2 cm³/mol. The van der Waals surface area contributed by atoms with E-state index in [1.54, 1.807) is 0 Å². The van der Waals surface area contributed by atoms with Crippen molar-refractivity contribution in [1.29, 1.82) is 0 Å². The molecular weight excluding hydrogens is 174 g/mol. The maximum absolute atomic E-state index is 4.08. The predicted octanol–water partition coefficient (Wildman–Crippen LogP) is 2.28. The standard InChI is InChI=1S/C11H21N3/c1-8(2)5-12-6-10-7-13-14-11(10)9(3)4/h7-9,12H,5-6H2,1-4H3,(H,13,14). The van der Waals surface area contributed by atoms with Crippen molar-refractivity contribution < 1.29 is 0 Å². The van der Waals surface area contributed by atoms with Crippen LogP contribution in [0.25, 0.3) is 0 Å². The molecule has 0 amide bonds. The summed E-state index contributed by atoms with van der Waals surface area (Å²) in [5.41, 5.74) is 2.54. The van der Waals surface area contributed by atoms with E-state index in [1.165, 1.54) is 11.3 Å². The Morgan fingerprint density at radius 3 is 2.64 bits per heavy atom. The van der Waals surface area contributed by atoms with Gasteiger partial charge in [-0.05, 0) is 18.4 Å². The first kappa shape index (κ1) is 11.2. The molecule has 0 fully saturated rings. The van der Waals surface area contributed by atoms with Crippen molar-refractivity contribution in [3.8, 4) is 0 Å². The molecule has 0 spiro atoms. The minimum atomic E-state index is 0.522.